The minimum atomic E-state index is -0.491. The topological polar surface area (TPSA) is 85.5 Å². The monoisotopic (exact) mass is 477 g/mol. The third kappa shape index (κ3) is 5.95. The minimum Gasteiger partial charge on any atom is -0.491 e. The number of aromatic nitrogens is 1. The zero-order valence-electron chi connectivity index (χ0n) is 21.6. The van der Waals surface area contributed by atoms with Crippen molar-refractivity contribution in [3.63, 3.8) is 0 Å². The molecule has 1 amide bonds. The SMILES string of the molecule is COCCOc1ccc2c(C#N)c(-c3ccc(NC(=O)OC(C)C(C)(C)C)cc3)n(C(C)C)c2c1. The molecule has 1 N–H and O–H groups in total. The molecule has 0 aliphatic heterocycles. The summed E-state index contributed by atoms with van der Waals surface area (Å²) in [7, 11) is 1.64. The molecule has 0 saturated heterocycles. The van der Waals surface area contributed by atoms with Gasteiger partial charge in [0.25, 0.3) is 0 Å². The van der Waals surface area contributed by atoms with Crippen LogP contribution in [0.2, 0.25) is 0 Å². The van der Waals surface area contributed by atoms with Gasteiger partial charge in [-0.2, -0.15) is 5.26 Å². The van der Waals surface area contributed by atoms with Crippen LogP contribution in [0.5, 0.6) is 5.75 Å². The van der Waals surface area contributed by atoms with Crippen LogP contribution in [0.4, 0.5) is 10.5 Å². The van der Waals surface area contributed by atoms with Crippen LogP contribution < -0.4 is 10.1 Å². The van der Waals surface area contributed by atoms with E-state index in [1.54, 1.807) is 7.11 Å². The summed E-state index contributed by atoms with van der Waals surface area (Å²) >= 11 is 0. The predicted octanol–water partition coefficient (Wildman–Crippen LogP) is 6.77. The number of fused-ring (bicyclic) bond motifs is 1. The Morgan fingerprint density at radius 1 is 1.09 bits per heavy atom. The minimum absolute atomic E-state index is 0.107. The van der Waals surface area contributed by atoms with Gasteiger partial charge in [0.05, 0.1) is 23.4 Å². The van der Waals surface area contributed by atoms with E-state index in [-0.39, 0.29) is 17.6 Å². The number of hydrogen-bond donors (Lipinski definition) is 1. The van der Waals surface area contributed by atoms with Gasteiger partial charge in [-0.1, -0.05) is 32.9 Å². The van der Waals surface area contributed by atoms with Crippen molar-refractivity contribution < 1.29 is 19.0 Å². The van der Waals surface area contributed by atoms with Crippen molar-refractivity contribution in [1.29, 1.82) is 5.26 Å². The largest absolute Gasteiger partial charge is 0.491 e. The molecule has 1 unspecified atom stereocenters. The van der Waals surface area contributed by atoms with Gasteiger partial charge < -0.3 is 18.8 Å². The van der Waals surface area contributed by atoms with Gasteiger partial charge in [0.15, 0.2) is 0 Å². The van der Waals surface area contributed by atoms with Crippen molar-refractivity contribution in [2.24, 2.45) is 5.41 Å². The number of rotatable bonds is 8. The first-order valence-electron chi connectivity index (χ1n) is 11.8. The Morgan fingerprint density at radius 2 is 1.77 bits per heavy atom. The average molecular weight is 478 g/mol. The maximum atomic E-state index is 12.3. The Hall–Kier alpha value is -3.50. The van der Waals surface area contributed by atoms with E-state index in [4.69, 9.17) is 14.2 Å². The fourth-order valence-corrected chi connectivity index (χ4v) is 3.75. The van der Waals surface area contributed by atoms with E-state index in [2.05, 4.69) is 29.8 Å². The van der Waals surface area contributed by atoms with Crippen LogP contribution in [0.15, 0.2) is 42.5 Å². The summed E-state index contributed by atoms with van der Waals surface area (Å²) in [5.41, 5.74) is 3.74. The molecule has 1 aromatic heterocycles. The number of nitrogens with one attached hydrogen (secondary N) is 1. The molecule has 35 heavy (non-hydrogen) atoms. The number of benzene rings is 2. The van der Waals surface area contributed by atoms with Gasteiger partial charge in [-0.15, -0.1) is 0 Å². The average Bonchev–Trinajstić information content (AvgIpc) is 3.13. The number of nitriles is 1. The molecule has 7 nitrogen and oxygen atoms in total. The van der Waals surface area contributed by atoms with E-state index >= 15 is 0 Å². The van der Waals surface area contributed by atoms with Crippen LogP contribution in [0.25, 0.3) is 22.2 Å². The summed E-state index contributed by atoms with van der Waals surface area (Å²) in [6.45, 7) is 13.1. The molecule has 2 aromatic carbocycles. The highest BCUT2D eigenvalue weighted by atomic mass is 16.6. The molecule has 0 aliphatic carbocycles. The van der Waals surface area contributed by atoms with Gasteiger partial charge in [0, 0.05) is 30.3 Å². The van der Waals surface area contributed by atoms with Crippen LogP contribution in [0.3, 0.4) is 0 Å². The summed E-state index contributed by atoms with van der Waals surface area (Å²) in [4.78, 5) is 12.3. The molecule has 7 heteroatoms. The zero-order chi connectivity index (χ0) is 25.8. The summed E-state index contributed by atoms with van der Waals surface area (Å²) < 4.78 is 18.5. The number of carbonyl (C=O) groups excluding carboxylic acids is 1. The molecule has 3 rings (SSSR count). The van der Waals surface area contributed by atoms with E-state index in [1.807, 2.05) is 70.2 Å². The zero-order valence-corrected chi connectivity index (χ0v) is 21.6. The normalized spacial score (nSPS) is 12.4. The molecule has 0 spiro atoms. The molecule has 1 heterocycles. The first-order valence-corrected chi connectivity index (χ1v) is 11.8. The molecule has 1 atom stereocenters. The maximum absolute atomic E-state index is 12.3. The second-order valence-corrected chi connectivity index (χ2v) is 9.94. The summed E-state index contributed by atoms with van der Waals surface area (Å²) in [5.74, 6) is 0.729. The van der Waals surface area contributed by atoms with Gasteiger partial charge in [0.2, 0.25) is 0 Å². The fourth-order valence-electron chi connectivity index (χ4n) is 3.75. The van der Waals surface area contributed by atoms with Crippen molar-refractivity contribution >= 4 is 22.7 Å². The first-order chi connectivity index (χ1) is 16.6. The van der Waals surface area contributed by atoms with Crippen LogP contribution >= 0.6 is 0 Å². The lowest BCUT2D eigenvalue weighted by atomic mass is 9.90. The Bertz CT molecular complexity index is 1210. The van der Waals surface area contributed by atoms with E-state index in [1.165, 1.54) is 0 Å². The second-order valence-electron chi connectivity index (χ2n) is 9.94. The van der Waals surface area contributed by atoms with Crippen LogP contribution in [-0.4, -0.2) is 37.1 Å². The molecule has 0 fully saturated rings. The van der Waals surface area contributed by atoms with E-state index < -0.39 is 6.09 Å². The Kier molecular flexibility index (Phi) is 8.08. The highest BCUT2D eigenvalue weighted by Gasteiger charge is 2.24. The fraction of sp³-hybridized carbons (Fsp3) is 0.429. The molecular weight excluding hydrogens is 442 g/mol. The molecule has 0 radical (unpaired) electrons. The number of nitrogens with zero attached hydrogens (tertiary/aromatic N) is 2. The van der Waals surface area contributed by atoms with Crippen molar-refractivity contribution in [3.05, 3.63) is 48.0 Å². The van der Waals surface area contributed by atoms with E-state index in [0.29, 0.717) is 24.5 Å². The molecule has 0 saturated carbocycles. The summed E-state index contributed by atoms with van der Waals surface area (Å²) in [6, 6.07) is 15.7. The third-order valence-electron chi connectivity index (χ3n) is 6.07. The van der Waals surface area contributed by atoms with E-state index in [9.17, 15) is 10.1 Å². The second kappa shape index (κ2) is 10.8. The maximum Gasteiger partial charge on any atom is 0.411 e. The van der Waals surface area contributed by atoms with Gasteiger partial charge in [0.1, 0.15) is 24.5 Å². The van der Waals surface area contributed by atoms with Gasteiger partial charge in [-0.3, -0.25) is 5.32 Å². The predicted molar refractivity (Wildman–Crippen MR) is 139 cm³/mol. The molecule has 0 aliphatic rings. The first kappa shape index (κ1) is 26.1. The number of amides is 1. The van der Waals surface area contributed by atoms with Crippen LogP contribution in [0.1, 0.15) is 53.1 Å². The van der Waals surface area contributed by atoms with Gasteiger partial charge in [-0.25, -0.2) is 4.79 Å². The number of anilines is 1. The number of carbonyl (C=O) groups is 1. The Labute approximate surface area is 207 Å². The van der Waals surface area contributed by atoms with Gasteiger partial charge in [-0.05, 0) is 56.0 Å². The molecule has 186 valence electrons. The summed E-state index contributed by atoms with van der Waals surface area (Å²) in [6.07, 6.45) is -0.722. The van der Waals surface area contributed by atoms with Crippen molar-refractivity contribution in [2.45, 2.75) is 53.7 Å². The molecule has 0 bridgehead atoms. The highest BCUT2D eigenvalue weighted by molar-refractivity contribution is 5.95. The highest BCUT2D eigenvalue weighted by Crippen LogP contribution is 2.38. The number of ether oxygens (including phenoxy) is 3. The van der Waals surface area contributed by atoms with Crippen LogP contribution in [0, 0.1) is 16.7 Å². The van der Waals surface area contributed by atoms with Crippen molar-refractivity contribution in [2.75, 3.05) is 25.6 Å². The van der Waals surface area contributed by atoms with E-state index in [0.717, 1.165) is 27.9 Å². The quantitative estimate of drug-likeness (QED) is 0.362. The van der Waals surface area contributed by atoms with Gasteiger partial charge >= 0.3 is 6.09 Å². The standard InChI is InChI=1S/C28H35N3O4/c1-18(2)31-25-16-22(34-15-14-33-7)12-13-23(25)24(17-29)26(31)20-8-10-21(11-9-20)30-27(32)35-19(3)28(4,5)6/h8-13,16,18-19H,14-15H2,1-7H3,(H,30,32). The third-order valence-corrected chi connectivity index (χ3v) is 6.07. The van der Waals surface area contributed by atoms with Crippen molar-refractivity contribution in [3.8, 4) is 23.1 Å². The molecular formula is C28H35N3O4. The van der Waals surface area contributed by atoms with Crippen LogP contribution in [-0.2, 0) is 9.47 Å². The lowest BCUT2D eigenvalue weighted by Crippen LogP contribution is -2.30. The smallest absolute Gasteiger partial charge is 0.411 e. The Morgan fingerprint density at radius 3 is 2.34 bits per heavy atom. The van der Waals surface area contributed by atoms with Crippen molar-refractivity contribution in [1.82, 2.24) is 4.57 Å². The number of methoxy groups -OCH3 is 1. The Balaban J connectivity index is 1.94. The lowest BCUT2D eigenvalue weighted by molar-refractivity contribution is 0.0528. The summed E-state index contributed by atoms with van der Waals surface area (Å²) in [5, 5.41) is 13.7. The number of hydrogen-bond acceptors (Lipinski definition) is 5. The molecule has 3 aromatic rings. The lowest BCUT2D eigenvalue weighted by Gasteiger charge is -2.26.